The summed E-state index contributed by atoms with van der Waals surface area (Å²) in [6.07, 6.45) is 5.70. The van der Waals surface area contributed by atoms with Crippen molar-refractivity contribution in [2.24, 2.45) is 11.8 Å². The van der Waals surface area contributed by atoms with Gasteiger partial charge in [-0.25, -0.2) is 0 Å². The maximum absolute atomic E-state index is 4.22. The second-order valence-corrected chi connectivity index (χ2v) is 6.32. The molecule has 3 rings (SSSR count). The molecule has 2 unspecified atom stereocenters. The van der Waals surface area contributed by atoms with Crippen molar-refractivity contribution in [2.45, 2.75) is 31.6 Å². The standard InChI is InChI=1S/C9H11BrN2S/c10-9-12-11-8(13-9)7-5-3-1-2-4-6(5)7/h5-7H,1-4H2. The first-order valence-corrected chi connectivity index (χ1v) is 6.46. The predicted octanol–water partition coefficient (Wildman–Crippen LogP) is 3.20. The van der Waals surface area contributed by atoms with Crippen molar-refractivity contribution in [3.05, 3.63) is 8.92 Å². The minimum Gasteiger partial charge on any atom is -0.142 e. The summed E-state index contributed by atoms with van der Waals surface area (Å²) < 4.78 is 0.936. The van der Waals surface area contributed by atoms with Crippen LogP contribution < -0.4 is 0 Å². The number of hydrogen-bond acceptors (Lipinski definition) is 3. The molecule has 1 aromatic rings. The molecule has 4 heteroatoms. The van der Waals surface area contributed by atoms with E-state index in [1.165, 1.54) is 30.7 Å². The molecule has 0 aliphatic heterocycles. The Hall–Kier alpha value is 0.0400. The summed E-state index contributed by atoms with van der Waals surface area (Å²) >= 11 is 5.09. The van der Waals surface area contributed by atoms with Gasteiger partial charge in [0.15, 0.2) is 3.92 Å². The van der Waals surface area contributed by atoms with E-state index in [0.29, 0.717) is 0 Å². The Kier molecular flexibility index (Phi) is 1.94. The van der Waals surface area contributed by atoms with Crippen molar-refractivity contribution in [3.8, 4) is 0 Å². The van der Waals surface area contributed by atoms with Crippen LogP contribution in [0, 0.1) is 11.8 Å². The van der Waals surface area contributed by atoms with Crippen LogP contribution in [0.1, 0.15) is 36.6 Å². The van der Waals surface area contributed by atoms with Gasteiger partial charge in [0.05, 0.1) is 0 Å². The van der Waals surface area contributed by atoms with E-state index in [9.17, 15) is 0 Å². The maximum Gasteiger partial charge on any atom is 0.183 e. The molecule has 2 fully saturated rings. The quantitative estimate of drug-likeness (QED) is 0.774. The lowest BCUT2D eigenvalue weighted by molar-refractivity contribution is 0.480. The smallest absolute Gasteiger partial charge is 0.142 e. The number of fused-ring (bicyclic) bond motifs is 1. The zero-order valence-corrected chi connectivity index (χ0v) is 9.64. The van der Waals surface area contributed by atoms with Crippen LogP contribution in [0.5, 0.6) is 0 Å². The van der Waals surface area contributed by atoms with E-state index in [-0.39, 0.29) is 0 Å². The summed E-state index contributed by atoms with van der Waals surface area (Å²) in [5, 5.41) is 9.51. The van der Waals surface area contributed by atoms with E-state index in [1.54, 1.807) is 11.3 Å². The summed E-state index contributed by atoms with van der Waals surface area (Å²) in [6.45, 7) is 0. The monoisotopic (exact) mass is 258 g/mol. The minimum atomic E-state index is 0.770. The Morgan fingerprint density at radius 2 is 1.85 bits per heavy atom. The Morgan fingerprint density at radius 1 is 1.15 bits per heavy atom. The summed E-state index contributed by atoms with van der Waals surface area (Å²) in [5.74, 6) is 2.67. The van der Waals surface area contributed by atoms with E-state index >= 15 is 0 Å². The summed E-state index contributed by atoms with van der Waals surface area (Å²) in [4.78, 5) is 0. The van der Waals surface area contributed by atoms with Crippen LogP contribution in [0.25, 0.3) is 0 Å². The molecule has 0 N–H and O–H groups in total. The molecule has 2 aliphatic rings. The number of halogens is 1. The fraction of sp³-hybridized carbons (Fsp3) is 0.778. The van der Waals surface area contributed by atoms with E-state index in [4.69, 9.17) is 0 Å². The van der Waals surface area contributed by atoms with Crippen LogP contribution in [0.3, 0.4) is 0 Å². The molecule has 0 aromatic carbocycles. The van der Waals surface area contributed by atoms with Crippen LogP contribution in [-0.2, 0) is 0 Å². The molecule has 0 amide bonds. The molecule has 0 radical (unpaired) electrons. The van der Waals surface area contributed by atoms with Crippen LogP contribution in [-0.4, -0.2) is 10.2 Å². The van der Waals surface area contributed by atoms with E-state index in [0.717, 1.165) is 21.7 Å². The van der Waals surface area contributed by atoms with E-state index in [2.05, 4.69) is 26.1 Å². The van der Waals surface area contributed by atoms with Crippen molar-refractivity contribution in [1.29, 1.82) is 0 Å². The van der Waals surface area contributed by atoms with Gasteiger partial charge >= 0.3 is 0 Å². The van der Waals surface area contributed by atoms with Crippen molar-refractivity contribution >= 4 is 27.3 Å². The first-order valence-electron chi connectivity index (χ1n) is 4.85. The van der Waals surface area contributed by atoms with Gasteiger partial charge in [-0.1, -0.05) is 24.2 Å². The number of aromatic nitrogens is 2. The van der Waals surface area contributed by atoms with Crippen LogP contribution in [0.2, 0.25) is 0 Å². The normalized spacial score (nSPS) is 37.2. The lowest BCUT2D eigenvalue weighted by atomic mass is 10.0. The Labute approximate surface area is 89.9 Å². The Morgan fingerprint density at radius 3 is 2.38 bits per heavy atom. The topological polar surface area (TPSA) is 25.8 Å². The molecule has 2 nitrogen and oxygen atoms in total. The predicted molar refractivity (Wildman–Crippen MR) is 55.8 cm³/mol. The highest BCUT2D eigenvalue weighted by Crippen LogP contribution is 2.61. The second kappa shape index (κ2) is 3.02. The average molecular weight is 259 g/mol. The lowest BCUT2D eigenvalue weighted by Crippen LogP contribution is -1.91. The zero-order valence-electron chi connectivity index (χ0n) is 7.24. The molecule has 13 heavy (non-hydrogen) atoms. The number of nitrogens with zero attached hydrogens (tertiary/aromatic N) is 2. The third-order valence-electron chi connectivity index (χ3n) is 3.36. The van der Waals surface area contributed by atoms with Crippen molar-refractivity contribution in [3.63, 3.8) is 0 Å². The molecule has 0 bridgehead atoms. The first kappa shape index (κ1) is 8.36. The lowest BCUT2D eigenvalue weighted by Gasteiger charge is -2.04. The zero-order chi connectivity index (χ0) is 8.84. The Bertz CT molecular complexity index is 313. The summed E-state index contributed by atoms with van der Waals surface area (Å²) in [5.41, 5.74) is 0. The van der Waals surface area contributed by atoms with Crippen LogP contribution in [0.4, 0.5) is 0 Å². The van der Waals surface area contributed by atoms with Gasteiger partial charge in [0.2, 0.25) is 0 Å². The molecule has 1 aromatic heterocycles. The molecule has 1 heterocycles. The fourth-order valence-corrected chi connectivity index (χ4v) is 4.11. The van der Waals surface area contributed by atoms with Gasteiger partial charge in [-0.2, -0.15) is 0 Å². The van der Waals surface area contributed by atoms with Gasteiger partial charge in [0.1, 0.15) is 5.01 Å². The van der Waals surface area contributed by atoms with Gasteiger partial charge in [-0.15, -0.1) is 10.2 Å². The highest BCUT2D eigenvalue weighted by Gasteiger charge is 2.52. The Balaban J connectivity index is 1.81. The third kappa shape index (κ3) is 1.34. The van der Waals surface area contributed by atoms with E-state index in [1.807, 2.05) is 0 Å². The molecule has 0 spiro atoms. The van der Waals surface area contributed by atoms with E-state index < -0.39 is 0 Å². The van der Waals surface area contributed by atoms with Gasteiger partial charge in [0, 0.05) is 5.92 Å². The molecular formula is C9H11BrN2S. The van der Waals surface area contributed by atoms with Crippen molar-refractivity contribution in [1.82, 2.24) is 10.2 Å². The van der Waals surface area contributed by atoms with Crippen molar-refractivity contribution in [2.75, 3.05) is 0 Å². The third-order valence-corrected chi connectivity index (χ3v) is 4.81. The average Bonchev–Trinajstić information content (AvgIpc) is 2.73. The SMILES string of the molecule is Brc1nnc(C2C3CCCCC32)s1. The van der Waals surface area contributed by atoms with Gasteiger partial charge in [-0.05, 0) is 40.6 Å². The molecule has 2 atom stereocenters. The van der Waals surface area contributed by atoms with Crippen LogP contribution in [0.15, 0.2) is 3.92 Å². The van der Waals surface area contributed by atoms with Gasteiger partial charge in [0.25, 0.3) is 0 Å². The number of rotatable bonds is 1. The fourth-order valence-electron chi connectivity index (χ4n) is 2.71. The summed E-state index contributed by atoms with van der Waals surface area (Å²) in [6, 6.07) is 0. The summed E-state index contributed by atoms with van der Waals surface area (Å²) in [7, 11) is 0. The molecule has 70 valence electrons. The minimum absolute atomic E-state index is 0.770. The van der Waals surface area contributed by atoms with Gasteiger partial charge in [-0.3, -0.25) is 0 Å². The van der Waals surface area contributed by atoms with Crippen LogP contribution >= 0.6 is 27.3 Å². The molecule has 2 aliphatic carbocycles. The highest BCUT2D eigenvalue weighted by atomic mass is 79.9. The van der Waals surface area contributed by atoms with Crippen molar-refractivity contribution < 1.29 is 0 Å². The highest BCUT2D eigenvalue weighted by molar-refractivity contribution is 9.11. The molecule has 0 saturated heterocycles. The largest absolute Gasteiger partial charge is 0.183 e. The van der Waals surface area contributed by atoms with Gasteiger partial charge < -0.3 is 0 Å². The molecule has 2 saturated carbocycles. The number of hydrogen-bond donors (Lipinski definition) is 0. The molecular weight excluding hydrogens is 248 g/mol. The first-order chi connectivity index (χ1) is 6.36. The second-order valence-electron chi connectivity index (χ2n) is 4.03. The maximum atomic E-state index is 4.22.